The summed E-state index contributed by atoms with van der Waals surface area (Å²) in [7, 11) is 3.66. The van der Waals surface area contributed by atoms with Gasteiger partial charge in [-0.1, -0.05) is 6.07 Å². The highest BCUT2D eigenvalue weighted by atomic mass is 19.1. The second-order valence-electron chi connectivity index (χ2n) is 6.82. The van der Waals surface area contributed by atoms with Crippen molar-refractivity contribution in [3.63, 3.8) is 0 Å². The van der Waals surface area contributed by atoms with Crippen molar-refractivity contribution in [3.05, 3.63) is 69.4 Å². The van der Waals surface area contributed by atoms with Gasteiger partial charge in [0, 0.05) is 48.8 Å². The summed E-state index contributed by atoms with van der Waals surface area (Å²) in [4.78, 5) is 26.9. The third kappa shape index (κ3) is 4.54. The highest BCUT2D eigenvalue weighted by Gasteiger charge is 2.23. The number of rotatable bonds is 7. The van der Waals surface area contributed by atoms with E-state index in [1.54, 1.807) is 0 Å². The summed E-state index contributed by atoms with van der Waals surface area (Å²) in [6.45, 7) is 0.658. The Hall–Kier alpha value is -3.40. The number of non-ortho nitro benzene ring substituents is 1. The van der Waals surface area contributed by atoms with Crippen LogP contribution >= 0.6 is 0 Å². The van der Waals surface area contributed by atoms with E-state index in [0.29, 0.717) is 17.4 Å². The zero-order valence-corrected chi connectivity index (χ0v) is 15.9. The molecule has 152 valence electrons. The number of halogens is 2. The van der Waals surface area contributed by atoms with Gasteiger partial charge in [-0.15, -0.1) is 0 Å². The SMILES string of the molecule is CN(C)CCN(Cc1ccc(F)cc1F)C(=O)c1n[nH]c2ccc([N+](=O)[O-])cc12. The van der Waals surface area contributed by atoms with E-state index in [2.05, 4.69) is 10.2 Å². The lowest BCUT2D eigenvalue weighted by Gasteiger charge is -2.24. The van der Waals surface area contributed by atoms with E-state index >= 15 is 0 Å². The molecule has 0 aliphatic carbocycles. The van der Waals surface area contributed by atoms with Crippen molar-refractivity contribution in [1.82, 2.24) is 20.0 Å². The summed E-state index contributed by atoms with van der Waals surface area (Å²) in [5, 5.41) is 18.1. The molecular weight excluding hydrogens is 384 g/mol. The van der Waals surface area contributed by atoms with Gasteiger partial charge in [0.25, 0.3) is 11.6 Å². The molecule has 1 aromatic heterocycles. The summed E-state index contributed by atoms with van der Waals surface area (Å²) in [5.41, 5.74) is 0.464. The molecule has 0 fully saturated rings. The molecule has 0 saturated carbocycles. The van der Waals surface area contributed by atoms with Gasteiger partial charge in [0.15, 0.2) is 5.69 Å². The predicted octanol–water partition coefficient (Wildman–Crippen LogP) is 2.95. The summed E-state index contributed by atoms with van der Waals surface area (Å²) < 4.78 is 27.3. The van der Waals surface area contributed by atoms with Gasteiger partial charge in [-0.05, 0) is 26.2 Å². The molecule has 0 spiro atoms. The number of carbonyl (C=O) groups is 1. The molecule has 1 N–H and O–H groups in total. The molecule has 3 aromatic rings. The lowest BCUT2D eigenvalue weighted by atomic mass is 10.1. The van der Waals surface area contributed by atoms with Crippen LogP contribution in [0, 0.1) is 21.7 Å². The fourth-order valence-corrected chi connectivity index (χ4v) is 2.86. The van der Waals surface area contributed by atoms with Crippen LogP contribution in [0.15, 0.2) is 36.4 Å². The summed E-state index contributed by atoms with van der Waals surface area (Å²) in [6.07, 6.45) is 0. The van der Waals surface area contributed by atoms with E-state index in [9.17, 15) is 23.7 Å². The first kappa shape index (κ1) is 20.3. The smallest absolute Gasteiger partial charge is 0.275 e. The van der Waals surface area contributed by atoms with Crippen LogP contribution < -0.4 is 0 Å². The maximum Gasteiger partial charge on any atom is 0.275 e. The van der Waals surface area contributed by atoms with E-state index in [1.165, 1.54) is 29.2 Å². The van der Waals surface area contributed by atoms with Crippen molar-refractivity contribution in [2.75, 3.05) is 27.2 Å². The fourth-order valence-electron chi connectivity index (χ4n) is 2.86. The number of nitro benzene ring substituents is 1. The third-order valence-electron chi connectivity index (χ3n) is 4.44. The van der Waals surface area contributed by atoms with Crippen LogP contribution in [0.4, 0.5) is 14.5 Å². The molecule has 1 heterocycles. The summed E-state index contributed by atoms with van der Waals surface area (Å²) in [6, 6.07) is 7.23. The number of nitrogens with zero attached hydrogens (tertiary/aromatic N) is 4. The van der Waals surface area contributed by atoms with Crippen LogP contribution in [0.3, 0.4) is 0 Å². The quantitative estimate of drug-likeness (QED) is 0.483. The number of hydrogen-bond acceptors (Lipinski definition) is 5. The maximum atomic E-state index is 14.1. The van der Waals surface area contributed by atoms with Gasteiger partial charge >= 0.3 is 0 Å². The second-order valence-corrected chi connectivity index (χ2v) is 6.82. The molecule has 8 nitrogen and oxygen atoms in total. The number of carbonyl (C=O) groups excluding carboxylic acids is 1. The number of amides is 1. The Kier molecular flexibility index (Phi) is 5.83. The van der Waals surface area contributed by atoms with Gasteiger partial charge in [-0.2, -0.15) is 5.10 Å². The number of benzene rings is 2. The minimum absolute atomic E-state index is 0.00461. The highest BCUT2D eigenvalue weighted by molar-refractivity contribution is 6.05. The van der Waals surface area contributed by atoms with Crippen molar-refractivity contribution in [2.24, 2.45) is 0 Å². The first-order valence-electron chi connectivity index (χ1n) is 8.76. The van der Waals surface area contributed by atoms with Gasteiger partial charge in [-0.25, -0.2) is 8.78 Å². The molecule has 0 bridgehead atoms. The van der Waals surface area contributed by atoms with Crippen molar-refractivity contribution < 1.29 is 18.5 Å². The summed E-state index contributed by atoms with van der Waals surface area (Å²) in [5.74, 6) is -1.97. The Morgan fingerprint density at radius 1 is 1.17 bits per heavy atom. The normalized spacial score (nSPS) is 11.2. The number of nitro groups is 1. The predicted molar refractivity (Wildman–Crippen MR) is 102 cm³/mol. The number of H-pyrrole nitrogens is 1. The topological polar surface area (TPSA) is 95.4 Å². The molecule has 1 amide bonds. The Labute approximate surface area is 164 Å². The molecule has 3 rings (SSSR count). The molecule has 2 aromatic carbocycles. The standard InChI is InChI=1S/C19H19F2N5O3/c1-24(2)7-8-25(11-12-3-4-13(20)9-16(12)21)19(27)18-15-10-14(26(28)29)5-6-17(15)22-23-18/h3-6,9-10H,7-8,11H2,1-2H3,(H,22,23). The number of aromatic amines is 1. The molecule has 0 saturated heterocycles. The largest absolute Gasteiger partial charge is 0.332 e. The van der Waals surface area contributed by atoms with Crippen molar-refractivity contribution in [1.29, 1.82) is 0 Å². The number of nitrogens with one attached hydrogen (secondary N) is 1. The summed E-state index contributed by atoms with van der Waals surface area (Å²) >= 11 is 0. The lowest BCUT2D eigenvalue weighted by molar-refractivity contribution is -0.384. The molecular formula is C19H19F2N5O3. The highest BCUT2D eigenvalue weighted by Crippen LogP contribution is 2.24. The van der Waals surface area contributed by atoms with E-state index in [4.69, 9.17) is 0 Å². The minimum atomic E-state index is -0.754. The zero-order valence-electron chi connectivity index (χ0n) is 15.9. The average molecular weight is 403 g/mol. The van der Waals surface area contributed by atoms with Crippen LogP contribution in [-0.2, 0) is 6.54 Å². The number of fused-ring (bicyclic) bond motifs is 1. The second kappa shape index (κ2) is 8.31. The van der Waals surface area contributed by atoms with Crippen molar-refractivity contribution in [3.8, 4) is 0 Å². The van der Waals surface area contributed by atoms with Crippen molar-refractivity contribution in [2.45, 2.75) is 6.54 Å². The van der Waals surface area contributed by atoms with Crippen LogP contribution in [-0.4, -0.2) is 58.0 Å². The van der Waals surface area contributed by atoms with Crippen LogP contribution in [0.25, 0.3) is 10.9 Å². The third-order valence-corrected chi connectivity index (χ3v) is 4.44. The fraction of sp³-hybridized carbons (Fsp3) is 0.263. The monoisotopic (exact) mass is 403 g/mol. The lowest BCUT2D eigenvalue weighted by Crippen LogP contribution is -2.36. The van der Waals surface area contributed by atoms with Gasteiger partial charge in [0.1, 0.15) is 11.6 Å². The van der Waals surface area contributed by atoms with E-state index in [-0.39, 0.29) is 30.0 Å². The number of aromatic nitrogens is 2. The molecule has 0 atom stereocenters. The Bertz CT molecular complexity index is 1070. The van der Waals surface area contributed by atoms with E-state index < -0.39 is 22.5 Å². The first-order valence-corrected chi connectivity index (χ1v) is 8.76. The van der Waals surface area contributed by atoms with E-state index in [1.807, 2.05) is 19.0 Å². The molecule has 29 heavy (non-hydrogen) atoms. The molecule has 0 radical (unpaired) electrons. The molecule has 0 aliphatic heterocycles. The van der Waals surface area contributed by atoms with Gasteiger partial charge < -0.3 is 9.80 Å². The number of likely N-dealkylation sites (N-methyl/N-ethyl adjacent to an activating group) is 1. The van der Waals surface area contributed by atoms with Gasteiger partial charge in [0.05, 0.1) is 10.4 Å². The maximum absolute atomic E-state index is 14.1. The Morgan fingerprint density at radius 3 is 2.59 bits per heavy atom. The molecule has 10 heteroatoms. The van der Waals surface area contributed by atoms with Gasteiger partial charge in [-0.3, -0.25) is 20.0 Å². The minimum Gasteiger partial charge on any atom is -0.332 e. The first-order chi connectivity index (χ1) is 13.8. The molecule has 0 unspecified atom stereocenters. The van der Waals surface area contributed by atoms with Crippen LogP contribution in [0.5, 0.6) is 0 Å². The van der Waals surface area contributed by atoms with E-state index in [0.717, 1.165) is 12.1 Å². The van der Waals surface area contributed by atoms with Gasteiger partial charge in [0.2, 0.25) is 0 Å². The van der Waals surface area contributed by atoms with Crippen molar-refractivity contribution >= 4 is 22.5 Å². The Balaban J connectivity index is 1.96. The zero-order chi connectivity index (χ0) is 21.1. The van der Waals surface area contributed by atoms with Crippen LogP contribution in [0.2, 0.25) is 0 Å². The van der Waals surface area contributed by atoms with Crippen LogP contribution in [0.1, 0.15) is 16.1 Å². The molecule has 0 aliphatic rings. The number of hydrogen-bond donors (Lipinski definition) is 1. The average Bonchev–Trinajstić information content (AvgIpc) is 3.09. The Morgan fingerprint density at radius 2 is 1.93 bits per heavy atom.